The number of guanidine groups is 1. The van der Waals surface area contributed by atoms with Crippen molar-refractivity contribution in [2.24, 2.45) is 4.99 Å². The molecule has 0 aromatic heterocycles. The lowest BCUT2D eigenvalue weighted by atomic mass is 10.2. The molecule has 1 aliphatic rings. The molecule has 2 N–H and O–H groups in total. The number of ether oxygens (including phenoxy) is 2. The first-order valence-electron chi connectivity index (χ1n) is 6.42. The van der Waals surface area contributed by atoms with Crippen LogP contribution >= 0.6 is 24.0 Å². The molecule has 1 unspecified atom stereocenters. The van der Waals surface area contributed by atoms with Crippen LogP contribution in [0.2, 0.25) is 0 Å². The van der Waals surface area contributed by atoms with Gasteiger partial charge in [0.1, 0.15) is 0 Å². The van der Waals surface area contributed by atoms with Gasteiger partial charge in [-0.2, -0.15) is 0 Å². The third-order valence-electron chi connectivity index (χ3n) is 2.82. The summed E-state index contributed by atoms with van der Waals surface area (Å²) in [6.45, 7) is 3.50. The van der Waals surface area contributed by atoms with E-state index < -0.39 is 0 Å². The van der Waals surface area contributed by atoms with Crippen molar-refractivity contribution in [3.8, 4) is 0 Å². The fourth-order valence-electron chi connectivity index (χ4n) is 1.87. The average Bonchev–Trinajstić information content (AvgIpc) is 2.85. The summed E-state index contributed by atoms with van der Waals surface area (Å²) in [4.78, 5) is 4.16. The maximum Gasteiger partial charge on any atom is 0.190 e. The Labute approximate surface area is 127 Å². The highest BCUT2D eigenvalue weighted by Crippen LogP contribution is 2.14. The highest BCUT2D eigenvalue weighted by Gasteiger charge is 2.14. The largest absolute Gasteiger partial charge is 0.385 e. The van der Waals surface area contributed by atoms with Crippen LogP contribution in [0.4, 0.5) is 0 Å². The second-order valence-electron chi connectivity index (χ2n) is 4.20. The van der Waals surface area contributed by atoms with Crippen molar-refractivity contribution in [3.05, 3.63) is 0 Å². The van der Waals surface area contributed by atoms with E-state index in [1.165, 1.54) is 12.8 Å². The number of hydrogen-bond acceptors (Lipinski definition) is 3. The summed E-state index contributed by atoms with van der Waals surface area (Å²) in [7, 11) is 3.51. The van der Waals surface area contributed by atoms with Gasteiger partial charge in [-0.05, 0) is 25.7 Å². The van der Waals surface area contributed by atoms with Gasteiger partial charge in [-0.25, -0.2) is 0 Å². The van der Waals surface area contributed by atoms with E-state index in [0.29, 0.717) is 6.10 Å². The third-order valence-corrected chi connectivity index (χ3v) is 2.82. The molecule has 1 atom stereocenters. The second-order valence-corrected chi connectivity index (χ2v) is 4.20. The number of rotatable bonds is 7. The van der Waals surface area contributed by atoms with Crippen LogP contribution in [0.3, 0.4) is 0 Å². The fourth-order valence-corrected chi connectivity index (χ4v) is 1.87. The predicted octanol–water partition coefficient (Wildman–Crippen LogP) is 1.37. The molecular weight excluding hydrogens is 345 g/mol. The smallest absolute Gasteiger partial charge is 0.190 e. The number of halogens is 1. The summed E-state index contributed by atoms with van der Waals surface area (Å²) in [5, 5.41) is 6.54. The first-order chi connectivity index (χ1) is 8.36. The van der Waals surface area contributed by atoms with Gasteiger partial charge in [0.2, 0.25) is 0 Å². The molecule has 0 radical (unpaired) electrons. The van der Waals surface area contributed by atoms with Crippen LogP contribution in [0.1, 0.15) is 25.7 Å². The quantitative estimate of drug-likeness (QED) is 0.307. The van der Waals surface area contributed by atoms with Crippen LogP contribution in [-0.2, 0) is 9.47 Å². The molecule has 6 heteroatoms. The topological polar surface area (TPSA) is 54.9 Å². The Morgan fingerprint density at radius 3 is 2.78 bits per heavy atom. The molecule has 0 amide bonds. The van der Waals surface area contributed by atoms with Crippen molar-refractivity contribution in [2.75, 3.05) is 40.5 Å². The Morgan fingerprint density at radius 1 is 1.39 bits per heavy atom. The van der Waals surface area contributed by atoms with E-state index in [4.69, 9.17) is 9.47 Å². The molecule has 0 aromatic rings. The minimum Gasteiger partial charge on any atom is -0.385 e. The molecule has 1 aliphatic heterocycles. The van der Waals surface area contributed by atoms with E-state index in [0.717, 1.165) is 45.1 Å². The zero-order valence-corrected chi connectivity index (χ0v) is 13.7. The van der Waals surface area contributed by atoms with E-state index in [-0.39, 0.29) is 24.0 Å². The van der Waals surface area contributed by atoms with Crippen molar-refractivity contribution in [1.82, 2.24) is 10.6 Å². The lowest BCUT2D eigenvalue weighted by molar-refractivity contribution is 0.105. The fraction of sp³-hybridized carbons (Fsp3) is 0.917. The van der Waals surface area contributed by atoms with Gasteiger partial charge in [-0.1, -0.05) is 0 Å². The SMILES string of the molecule is CN=C(NCCCOC)NCCC1CCCO1.I. The van der Waals surface area contributed by atoms with Gasteiger partial charge in [0.15, 0.2) is 5.96 Å². The van der Waals surface area contributed by atoms with Crippen LogP contribution in [-0.4, -0.2) is 52.5 Å². The van der Waals surface area contributed by atoms with Gasteiger partial charge in [-0.3, -0.25) is 4.99 Å². The number of aliphatic imine (C=N–C) groups is 1. The molecular formula is C12H26IN3O2. The minimum atomic E-state index is 0. The first kappa shape index (κ1) is 17.9. The lowest BCUT2D eigenvalue weighted by Crippen LogP contribution is -2.39. The van der Waals surface area contributed by atoms with Crippen molar-refractivity contribution < 1.29 is 9.47 Å². The molecule has 5 nitrogen and oxygen atoms in total. The number of hydrogen-bond donors (Lipinski definition) is 2. The van der Waals surface area contributed by atoms with Gasteiger partial charge in [-0.15, -0.1) is 24.0 Å². The molecule has 1 saturated heterocycles. The Morgan fingerprint density at radius 2 is 2.17 bits per heavy atom. The summed E-state index contributed by atoms with van der Waals surface area (Å²) >= 11 is 0. The predicted molar refractivity (Wildman–Crippen MR) is 84.9 cm³/mol. The van der Waals surface area contributed by atoms with Crippen LogP contribution < -0.4 is 10.6 Å². The molecule has 0 spiro atoms. The van der Waals surface area contributed by atoms with E-state index in [9.17, 15) is 0 Å². The van der Waals surface area contributed by atoms with E-state index >= 15 is 0 Å². The van der Waals surface area contributed by atoms with Gasteiger partial charge in [0.25, 0.3) is 0 Å². The Bertz CT molecular complexity index is 221. The van der Waals surface area contributed by atoms with Crippen molar-refractivity contribution in [1.29, 1.82) is 0 Å². The van der Waals surface area contributed by atoms with Crippen LogP contribution in [0.15, 0.2) is 4.99 Å². The Kier molecular flexibility index (Phi) is 11.9. The third kappa shape index (κ3) is 8.10. The number of nitrogens with zero attached hydrogens (tertiary/aromatic N) is 1. The monoisotopic (exact) mass is 371 g/mol. The van der Waals surface area contributed by atoms with Crippen molar-refractivity contribution in [2.45, 2.75) is 31.8 Å². The molecule has 0 aliphatic carbocycles. The van der Waals surface area contributed by atoms with Crippen molar-refractivity contribution in [3.63, 3.8) is 0 Å². The molecule has 1 rings (SSSR count). The first-order valence-corrected chi connectivity index (χ1v) is 6.42. The van der Waals surface area contributed by atoms with E-state index in [1.807, 2.05) is 0 Å². The molecule has 0 aromatic carbocycles. The Hall–Kier alpha value is -0.0800. The van der Waals surface area contributed by atoms with Gasteiger partial charge >= 0.3 is 0 Å². The van der Waals surface area contributed by atoms with Gasteiger partial charge in [0.05, 0.1) is 6.10 Å². The normalized spacial score (nSPS) is 19.4. The summed E-state index contributed by atoms with van der Waals surface area (Å²) in [5.41, 5.74) is 0. The number of methoxy groups -OCH3 is 1. The standard InChI is InChI=1S/C12H25N3O2.HI/c1-13-12(14-7-4-9-16-2)15-8-6-11-5-3-10-17-11;/h11H,3-10H2,1-2H3,(H2,13,14,15);1H. The maximum absolute atomic E-state index is 5.56. The lowest BCUT2D eigenvalue weighted by Gasteiger charge is -2.13. The molecule has 1 fully saturated rings. The zero-order valence-electron chi connectivity index (χ0n) is 11.4. The molecule has 1 heterocycles. The summed E-state index contributed by atoms with van der Waals surface area (Å²) in [5.74, 6) is 0.860. The van der Waals surface area contributed by atoms with Crippen LogP contribution in [0, 0.1) is 0 Å². The van der Waals surface area contributed by atoms with E-state index in [2.05, 4.69) is 15.6 Å². The van der Waals surface area contributed by atoms with Crippen molar-refractivity contribution >= 4 is 29.9 Å². The molecule has 18 heavy (non-hydrogen) atoms. The summed E-state index contributed by atoms with van der Waals surface area (Å²) < 4.78 is 10.6. The van der Waals surface area contributed by atoms with Gasteiger partial charge < -0.3 is 20.1 Å². The van der Waals surface area contributed by atoms with Crippen LogP contribution in [0.5, 0.6) is 0 Å². The van der Waals surface area contributed by atoms with E-state index in [1.54, 1.807) is 14.2 Å². The zero-order chi connectivity index (χ0) is 12.3. The highest BCUT2D eigenvalue weighted by molar-refractivity contribution is 14.0. The molecule has 0 bridgehead atoms. The molecule has 108 valence electrons. The van der Waals surface area contributed by atoms with Gasteiger partial charge in [0, 0.05) is 40.5 Å². The average molecular weight is 371 g/mol. The highest BCUT2D eigenvalue weighted by atomic mass is 127. The summed E-state index contributed by atoms with van der Waals surface area (Å²) in [6, 6.07) is 0. The van der Waals surface area contributed by atoms with Crippen LogP contribution in [0.25, 0.3) is 0 Å². The molecule has 0 saturated carbocycles. The second kappa shape index (κ2) is 12.0. The maximum atomic E-state index is 5.56. The minimum absolute atomic E-state index is 0. The Balaban J connectivity index is 0.00000289. The number of nitrogens with one attached hydrogen (secondary N) is 2. The summed E-state index contributed by atoms with van der Waals surface area (Å²) in [6.07, 6.45) is 4.88.